The van der Waals surface area contributed by atoms with Crippen molar-refractivity contribution in [3.8, 4) is 33.4 Å². The van der Waals surface area contributed by atoms with Crippen LogP contribution in [0.3, 0.4) is 0 Å². The third kappa shape index (κ3) is 5.25. The summed E-state index contributed by atoms with van der Waals surface area (Å²) in [4.78, 5) is 2.32. The molecule has 9 rings (SSSR count). The van der Waals surface area contributed by atoms with E-state index in [9.17, 15) is 0 Å². The molecule has 1 aliphatic rings. The molecule has 248 valence electrons. The maximum Gasteiger partial charge on any atom is 0.136 e. The highest BCUT2D eigenvalue weighted by Gasteiger charge is 2.36. The molecule has 0 radical (unpaired) electrons. The molecule has 0 saturated heterocycles. The molecule has 2 heteroatoms. The Labute approximate surface area is 300 Å². The topological polar surface area (TPSA) is 16.4 Å². The van der Waals surface area contributed by atoms with Gasteiger partial charge in [-0.2, -0.15) is 0 Å². The number of benzene rings is 7. The normalized spacial score (nSPS) is 13.4. The van der Waals surface area contributed by atoms with E-state index in [1.807, 2.05) is 12.1 Å². The highest BCUT2D eigenvalue weighted by atomic mass is 16.3. The van der Waals surface area contributed by atoms with E-state index in [-0.39, 0.29) is 10.8 Å². The first-order valence-electron chi connectivity index (χ1n) is 17.9. The van der Waals surface area contributed by atoms with E-state index in [0.717, 1.165) is 50.1 Å². The number of para-hydroxylation sites is 2. The number of hydrogen-bond donors (Lipinski definition) is 0. The Hall–Kier alpha value is -5.86. The van der Waals surface area contributed by atoms with Crippen LogP contribution < -0.4 is 4.90 Å². The van der Waals surface area contributed by atoms with E-state index in [1.54, 1.807) is 0 Å². The molecule has 0 bridgehead atoms. The van der Waals surface area contributed by atoms with Gasteiger partial charge in [-0.1, -0.05) is 132 Å². The second-order valence-corrected chi connectivity index (χ2v) is 15.5. The molecular weight excluding hydrogens is 619 g/mol. The maximum atomic E-state index is 6.19. The Morgan fingerprint density at radius 3 is 1.71 bits per heavy atom. The lowest BCUT2D eigenvalue weighted by Crippen LogP contribution is -2.17. The summed E-state index contributed by atoms with van der Waals surface area (Å²) in [5.74, 6) is 0. The Kier molecular flexibility index (Phi) is 7.09. The zero-order valence-electron chi connectivity index (χ0n) is 29.9. The summed E-state index contributed by atoms with van der Waals surface area (Å²) in [5.41, 5.74) is 16.9. The first-order chi connectivity index (χ1) is 24.6. The predicted octanol–water partition coefficient (Wildman–Crippen LogP) is 14.0. The number of anilines is 3. The molecule has 1 aromatic heterocycles. The van der Waals surface area contributed by atoms with Crippen molar-refractivity contribution in [3.05, 3.63) is 174 Å². The van der Waals surface area contributed by atoms with Gasteiger partial charge in [-0.15, -0.1) is 0 Å². The van der Waals surface area contributed by atoms with Gasteiger partial charge >= 0.3 is 0 Å². The second kappa shape index (κ2) is 11.6. The monoisotopic (exact) mass is 659 g/mol. The van der Waals surface area contributed by atoms with Crippen LogP contribution in [0.5, 0.6) is 0 Å². The third-order valence-corrected chi connectivity index (χ3v) is 10.9. The number of nitrogens with zero attached hydrogens (tertiary/aromatic N) is 1. The highest BCUT2D eigenvalue weighted by Crippen LogP contribution is 2.50. The molecule has 0 atom stereocenters. The lowest BCUT2D eigenvalue weighted by molar-refractivity contribution is 0.584. The van der Waals surface area contributed by atoms with Crippen molar-refractivity contribution in [2.24, 2.45) is 0 Å². The zero-order chi connectivity index (χ0) is 34.9. The van der Waals surface area contributed by atoms with E-state index in [1.165, 1.54) is 38.9 Å². The maximum absolute atomic E-state index is 6.19. The van der Waals surface area contributed by atoms with Crippen LogP contribution in [-0.2, 0) is 10.8 Å². The van der Waals surface area contributed by atoms with Gasteiger partial charge in [-0.25, -0.2) is 0 Å². The van der Waals surface area contributed by atoms with Crippen LogP contribution in [0, 0.1) is 0 Å². The summed E-state index contributed by atoms with van der Waals surface area (Å²) in [5, 5.41) is 2.30. The Balaban J connectivity index is 1.04. The summed E-state index contributed by atoms with van der Waals surface area (Å²) >= 11 is 0. The van der Waals surface area contributed by atoms with Gasteiger partial charge in [-0.05, 0) is 116 Å². The van der Waals surface area contributed by atoms with Crippen LogP contribution in [0.2, 0.25) is 0 Å². The fourth-order valence-corrected chi connectivity index (χ4v) is 7.94. The lowest BCUT2D eigenvalue weighted by Gasteiger charge is -2.26. The van der Waals surface area contributed by atoms with Crippen molar-refractivity contribution in [1.82, 2.24) is 0 Å². The van der Waals surface area contributed by atoms with Crippen molar-refractivity contribution < 1.29 is 4.42 Å². The largest absolute Gasteiger partial charge is 0.456 e. The van der Waals surface area contributed by atoms with Crippen molar-refractivity contribution in [3.63, 3.8) is 0 Å². The fraction of sp³-hybridized carbons (Fsp3) is 0.143. The van der Waals surface area contributed by atoms with Gasteiger partial charge in [0.05, 0.1) is 0 Å². The molecule has 1 heterocycles. The molecule has 7 aromatic carbocycles. The molecular formula is C49H41NO. The highest BCUT2D eigenvalue weighted by molar-refractivity contribution is 6.05. The molecule has 51 heavy (non-hydrogen) atoms. The molecule has 0 spiro atoms. The average Bonchev–Trinajstić information content (AvgIpc) is 3.63. The molecule has 0 saturated carbocycles. The molecule has 0 fully saturated rings. The Morgan fingerprint density at radius 1 is 0.451 bits per heavy atom. The smallest absolute Gasteiger partial charge is 0.136 e. The number of fused-ring (bicyclic) bond motifs is 6. The van der Waals surface area contributed by atoms with Gasteiger partial charge in [0, 0.05) is 33.2 Å². The summed E-state index contributed by atoms with van der Waals surface area (Å²) in [6, 6.07) is 57.3. The molecule has 1 aliphatic carbocycles. The van der Waals surface area contributed by atoms with Gasteiger partial charge in [-0.3, -0.25) is 0 Å². The first-order valence-corrected chi connectivity index (χ1v) is 17.9. The zero-order valence-corrected chi connectivity index (χ0v) is 29.9. The van der Waals surface area contributed by atoms with Gasteiger partial charge in [0.15, 0.2) is 0 Å². The van der Waals surface area contributed by atoms with Crippen molar-refractivity contribution in [2.45, 2.75) is 45.4 Å². The van der Waals surface area contributed by atoms with Crippen LogP contribution in [0.1, 0.15) is 51.3 Å². The van der Waals surface area contributed by atoms with Crippen molar-refractivity contribution in [2.75, 3.05) is 4.90 Å². The standard InChI is InChI=1S/C49H41NO/c1-48(2,3)36-21-27-40-43-29-34(20-28-44(43)49(4,5)45(40)31-36)32-15-22-38(23-16-32)50(37-11-7-6-8-12-37)39-24-17-33(18-25-39)35-19-26-42-41-13-9-10-14-46(41)51-47(42)30-35/h6-31H,1-5H3. The van der Waals surface area contributed by atoms with Crippen LogP contribution >= 0.6 is 0 Å². The number of rotatable bonds is 5. The van der Waals surface area contributed by atoms with Crippen molar-refractivity contribution >= 4 is 39.0 Å². The molecule has 8 aromatic rings. The first kappa shape index (κ1) is 31.1. The fourth-order valence-electron chi connectivity index (χ4n) is 7.94. The quantitative estimate of drug-likeness (QED) is 0.183. The van der Waals surface area contributed by atoms with Crippen LogP contribution in [0.4, 0.5) is 17.1 Å². The summed E-state index contributed by atoms with van der Waals surface area (Å²) < 4.78 is 6.19. The van der Waals surface area contributed by atoms with Crippen LogP contribution in [0.25, 0.3) is 55.3 Å². The van der Waals surface area contributed by atoms with E-state index < -0.39 is 0 Å². The van der Waals surface area contributed by atoms with Gasteiger partial charge in [0.1, 0.15) is 11.2 Å². The molecule has 0 amide bonds. The molecule has 0 unspecified atom stereocenters. The van der Waals surface area contributed by atoms with E-state index >= 15 is 0 Å². The Morgan fingerprint density at radius 2 is 1.02 bits per heavy atom. The second-order valence-electron chi connectivity index (χ2n) is 15.5. The average molecular weight is 660 g/mol. The summed E-state index contributed by atoms with van der Waals surface area (Å²) in [6.07, 6.45) is 0. The van der Waals surface area contributed by atoms with E-state index in [2.05, 4.69) is 185 Å². The summed E-state index contributed by atoms with van der Waals surface area (Å²) in [7, 11) is 0. The van der Waals surface area contributed by atoms with Gasteiger partial charge < -0.3 is 9.32 Å². The van der Waals surface area contributed by atoms with Crippen LogP contribution in [0.15, 0.2) is 162 Å². The molecule has 0 aliphatic heterocycles. The van der Waals surface area contributed by atoms with E-state index in [0.29, 0.717) is 0 Å². The number of furan rings is 1. The lowest BCUT2D eigenvalue weighted by atomic mass is 9.79. The van der Waals surface area contributed by atoms with Crippen molar-refractivity contribution in [1.29, 1.82) is 0 Å². The van der Waals surface area contributed by atoms with Crippen LogP contribution in [-0.4, -0.2) is 0 Å². The predicted molar refractivity (Wildman–Crippen MR) is 216 cm³/mol. The minimum atomic E-state index is -0.0276. The van der Waals surface area contributed by atoms with Gasteiger partial charge in [0.2, 0.25) is 0 Å². The molecule has 0 N–H and O–H groups in total. The SMILES string of the molecule is CC(C)(C)c1ccc2c(c1)C(C)(C)c1ccc(-c3ccc(N(c4ccccc4)c4ccc(-c5ccc6c(c5)oc5ccccc56)cc4)cc3)cc1-2. The Bertz CT molecular complexity index is 2560. The number of hydrogen-bond acceptors (Lipinski definition) is 2. The minimum absolute atomic E-state index is 0.0276. The van der Waals surface area contributed by atoms with Gasteiger partial charge in [0.25, 0.3) is 0 Å². The minimum Gasteiger partial charge on any atom is -0.456 e. The summed E-state index contributed by atoms with van der Waals surface area (Å²) in [6.45, 7) is 11.6. The third-order valence-electron chi connectivity index (χ3n) is 10.9. The van der Waals surface area contributed by atoms with E-state index in [4.69, 9.17) is 4.42 Å². The molecule has 2 nitrogen and oxygen atoms in total.